The van der Waals surface area contributed by atoms with E-state index in [4.69, 9.17) is 4.74 Å². The fourth-order valence-corrected chi connectivity index (χ4v) is 2.40. The lowest BCUT2D eigenvalue weighted by atomic mass is 9.93. The van der Waals surface area contributed by atoms with Crippen LogP contribution in [-0.2, 0) is 4.74 Å². The second-order valence-corrected chi connectivity index (χ2v) is 5.17. The van der Waals surface area contributed by atoms with Crippen LogP contribution in [0, 0.1) is 6.92 Å². The maximum Gasteiger partial charge on any atom is 0.338 e. The molecule has 0 fully saturated rings. The van der Waals surface area contributed by atoms with Crippen LogP contribution < -0.4 is 0 Å². The van der Waals surface area contributed by atoms with E-state index in [-0.39, 0.29) is 0 Å². The molecule has 2 aromatic carbocycles. The van der Waals surface area contributed by atoms with Crippen molar-refractivity contribution in [2.45, 2.75) is 19.1 Å². The zero-order valence-electron chi connectivity index (χ0n) is 11.7. The topological polar surface area (TPSA) is 46.5 Å². The first-order valence-electron chi connectivity index (χ1n) is 6.88. The summed E-state index contributed by atoms with van der Waals surface area (Å²) < 4.78 is 5.41. The smallest absolute Gasteiger partial charge is 0.338 e. The molecular weight excluding hydrogens is 264 g/mol. The zero-order chi connectivity index (χ0) is 14.8. The highest BCUT2D eigenvalue weighted by molar-refractivity contribution is 5.89. The molecule has 3 nitrogen and oxygen atoms in total. The molecule has 0 aromatic heterocycles. The van der Waals surface area contributed by atoms with E-state index >= 15 is 0 Å². The number of aliphatic hydroxyl groups is 1. The summed E-state index contributed by atoms with van der Waals surface area (Å²) in [5.41, 5.74) is 3.30. The molecule has 0 unspecified atom stereocenters. The van der Waals surface area contributed by atoms with Gasteiger partial charge in [-0.15, -0.1) is 0 Å². The normalized spacial score (nSPS) is 19.9. The predicted octanol–water partition coefficient (Wildman–Crippen LogP) is 3.28. The van der Waals surface area contributed by atoms with Crippen LogP contribution in [0.4, 0.5) is 0 Å². The Bertz CT molecular complexity index is 686. The van der Waals surface area contributed by atoms with Gasteiger partial charge < -0.3 is 9.84 Å². The van der Waals surface area contributed by atoms with E-state index in [9.17, 15) is 9.90 Å². The zero-order valence-corrected chi connectivity index (χ0v) is 11.7. The van der Waals surface area contributed by atoms with Crippen LogP contribution in [0.15, 0.2) is 54.6 Å². The summed E-state index contributed by atoms with van der Waals surface area (Å²) in [4.78, 5) is 12.1. The number of aryl methyl sites for hydroxylation is 1. The number of hydrogen-bond acceptors (Lipinski definition) is 3. The number of hydrogen-bond donors (Lipinski definition) is 1. The van der Waals surface area contributed by atoms with Crippen LogP contribution in [0.1, 0.15) is 33.2 Å². The molecule has 1 aliphatic carbocycles. The maximum atomic E-state index is 12.1. The van der Waals surface area contributed by atoms with Crippen molar-refractivity contribution in [1.29, 1.82) is 0 Å². The third-order valence-corrected chi connectivity index (χ3v) is 3.62. The molecule has 0 aliphatic heterocycles. The minimum atomic E-state index is -0.833. The number of rotatable bonds is 2. The van der Waals surface area contributed by atoms with E-state index in [0.717, 1.165) is 16.7 Å². The van der Waals surface area contributed by atoms with Crippen LogP contribution in [0.5, 0.6) is 0 Å². The first-order chi connectivity index (χ1) is 10.1. The Labute approximate surface area is 123 Å². The highest BCUT2D eigenvalue weighted by Crippen LogP contribution is 2.30. The molecule has 1 N–H and O–H groups in total. The highest BCUT2D eigenvalue weighted by atomic mass is 16.6. The number of aliphatic hydroxyl groups excluding tert-OH is 1. The monoisotopic (exact) mass is 280 g/mol. The van der Waals surface area contributed by atoms with Gasteiger partial charge in [-0.2, -0.15) is 0 Å². The third kappa shape index (κ3) is 2.73. The fourth-order valence-electron chi connectivity index (χ4n) is 2.40. The van der Waals surface area contributed by atoms with Crippen molar-refractivity contribution < 1.29 is 14.6 Å². The van der Waals surface area contributed by atoms with Crippen molar-refractivity contribution in [2.75, 3.05) is 0 Å². The Balaban J connectivity index is 1.77. The minimum absolute atomic E-state index is 0.428. The summed E-state index contributed by atoms with van der Waals surface area (Å²) in [5, 5.41) is 10.3. The number of esters is 1. The largest absolute Gasteiger partial charge is 0.451 e. The maximum absolute atomic E-state index is 12.1. The van der Waals surface area contributed by atoms with Crippen LogP contribution in [0.25, 0.3) is 6.08 Å². The molecule has 21 heavy (non-hydrogen) atoms. The van der Waals surface area contributed by atoms with Gasteiger partial charge in [-0.3, -0.25) is 0 Å². The second kappa shape index (κ2) is 5.54. The average Bonchev–Trinajstić information content (AvgIpc) is 2.51. The number of benzene rings is 2. The van der Waals surface area contributed by atoms with Gasteiger partial charge in [0, 0.05) is 0 Å². The van der Waals surface area contributed by atoms with E-state index in [1.54, 1.807) is 18.2 Å². The van der Waals surface area contributed by atoms with Gasteiger partial charge in [-0.05, 0) is 36.3 Å². The molecular formula is C18H16O3. The van der Waals surface area contributed by atoms with E-state index in [0.29, 0.717) is 5.56 Å². The van der Waals surface area contributed by atoms with Gasteiger partial charge in [0.25, 0.3) is 0 Å². The van der Waals surface area contributed by atoms with Gasteiger partial charge in [0.05, 0.1) is 5.56 Å². The summed E-state index contributed by atoms with van der Waals surface area (Å²) in [6, 6.07) is 14.7. The highest BCUT2D eigenvalue weighted by Gasteiger charge is 2.27. The summed E-state index contributed by atoms with van der Waals surface area (Å²) in [5.74, 6) is -0.428. The Hall–Kier alpha value is -2.39. The Kier molecular flexibility index (Phi) is 3.59. The van der Waals surface area contributed by atoms with Crippen molar-refractivity contribution in [3.8, 4) is 0 Å². The van der Waals surface area contributed by atoms with Crippen molar-refractivity contribution >= 4 is 12.0 Å². The van der Waals surface area contributed by atoms with Crippen molar-refractivity contribution in [3.05, 3.63) is 76.9 Å². The summed E-state index contributed by atoms with van der Waals surface area (Å²) in [6.07, 6.45) is 2.10. The van der Waals surface area contributed by atoms with Crippen LogP contribution in [0.2, 0.25) is 0 Å². The first-order valence-corrected chi connectivity index (χ1v) is 6.88. The van der Waals surface area contributed by atoms with E-state index in [1.807, 2.05) is 49.4 Å². The number of fused-ring (bicyclic) bond motifs is 1. The number of carbonyl (C=O) groups excluding carboxylic acids is 1. The summed E-state index contributed by atoms with van der Waals surface area (Å²) in [6.45, 7) is 1.96. The molecule has 0 amide bonds. The van der Waals surface area contributed by atoms with Crippen LogP contribution in [0.3, 0.4) is 0 Å². The molecule has 2 aromatic rings. The molecule has 2 atom stereocenters. The Morgan fingerprint density at radius 3 is 2.57 bits per heavy atom. The summed E-state index contributed by atoms with van der Waals surface area (Å²) >= 11 is 0. The quantitative estimate of drug-likeness (QED) is 0.859. The van der Waals surface area contributed by atoms with Gasteiger partial charge >= 0.3 is 5.97 Å². The fraction of sp³-hybridized carbons (Fsp3) is 0.167. The van der Waals surface area contributed by atoms with E-state index in [2.05, 4.69) is 0 Å². The van der Waals surface area contributed by atoms with Gasteiger partial charge in [-0.25, -0.2) is 4.79 Å². The minimum Gasteiger partial charge on any atom is -0.451 e. The lowest BCUT2D eigenvalue weighted by Crippen LogP contribution is -2.26. The lowest BCUT2D eigenvalue weighted by Gasteiger charge is -2.25. The number of carbonyl (C=O) groups is 1. The standard InChI is InChI=1S/C18H16O3/c1-12-6-8-14(9-7-12)18(20)21-16-11-10-13-4-2-3-5-15(13)17(16)19/h2-11,16-17,19H,1H3/t16-,17-/m0/s1. The molecule has 106 valence electrons. The van der Waals surface area contributed by atoms with Crippen molar-refractivity contribution in [1.82, 2.24) is 0 Å². The number of ether oxygens (including phenoxy) is 1. The lowest BCUT2D eigenvalue weighted by molar-refractivity contribution is -0.00116. The van der Waals surface area contributed by atoms with Gasteiger partial charge in [-0.1, -0.05) is 48.0 Å². The van der Waals surface area contributed by atoms with Gasteiger partial charge in [0.2, 0.25) is 0 Å². The van der Waals surface area contributed by atoms with Crippen LogP contribution >= 0.6 is 0 Å². The first kappa shape index (κ1) is 13.6. The van der Waals surface area contributed by atoms with Crippen LogP contribution in [-0.4, -0.2) is 17.2 Å². The molecule has 3 rings (SSSR count). The molecule has 0 heterocycles. The SMILES string of the molecule is Cc1ccc(C(=O)O[C@H]2C=Cc3ccccc3[C@@H]2O)cc1. The molecule has 0 radical (unpaired) electrons. The molecule has 1 aliphatic rings. The van der Waals surface area contributed by atoms with Gasteiger partial charge in [0.1, 0.15) is 6.10 Å². The molecule has 3 heteroatoms. The average molecular weight is 280 g/mol. The molecule has 0 bridgehead atoms. The summed E-state index contributed by atoms with van der Waals surface area (Å²) in [7, 11) is 0. The second-order valence-electron chi connectivity index (χ2n) is 5.17. The van der Waals surface area contributed by atoms with Crippen molar-refractivity contribution in [2.24, 2.45) is 0 Å². The molecule has 0 saturated carbocycles. The van der Waals surface area contributed by atoms with Crippen molar-refractivity contribution in [3.63, 3.8) is 0 Å². The van der Waals surface area contributed by atoms with E-state index in [1.165, 1.54) is 0 Å². The predicted molar refractivity (Wildman–Crippen MR) is 80.8 cm³/mol. The van der Waals surface area contributed by atoms with Gasteiger partial charge in [0.15, 0.2) is 6.10 Å². The Morgan fingerprint density at radius 1 is 1.10 bits per heavy atom. The molecule has 0 saturated heterocycles. The third-order valence-electron chi connectivity index (χ3n) is 3.62. The van der Waals surface area contributed by atoms with E-state index < -0.39 is 18.2 Å². The Morgan fingerprint density at radius 2 is 1.81 bits per heavy atom. The molecule has 0 spiro atoms.